The van der Waals surface area contributed by atoms with Gasteiger partial charge in [-0.25, -0.2) is 9.78 Å². The Kier molecular flexibility index (Phi) is 9.45. The summed E-state index contributed by atoms with van der Waals surface area (Å²) in [7, 11) is 3.10. The number of carbonyl (C=O) groups is 1. The maximum atomic E-state index is 12.5. The van der Waals surface area contributed by atoms with Gasteiger partial charge >= 0.3 is 6.09 Å². The Morgan fingerprint density at radius 1 is 1.02 bits per heavy atom. The van der Waals surface area contributed by atoms with Crippen molar-refractivity contribution in [1.82, 2.24) is 9.97 Å². The Bertz CT molecular complexity index is 1380. The second-order valence-corrected chi connectivity index (χ2v) is 10.2. The summed E-state index contributed by atoms with van der Waals surface area (Å²) in [5.41, 5.74) is 3.41. The van der Waals surface area contributed by atoms with E-state index in [4.69, 9.17) is 24.0 Å². The molecule has 1 aliphatic rings. The zero-order chi connectivity index (χ0) is 29.4. The minimum atomic E-state index is -0.637. The number of para-hydroxylation sites is 2. The lowest BCUT2D eigenvalue weighted by atomic mass is 10.2. The van der Waals surface area contributed by atoms with Gasteiger partial charge in [0.15, 0.2) is 0 Å². The zero-order valence-electron chi connectivity index (χ0n) is 24.3. The number of morpholine rings is 1. The number of carbonyl (C=O) groups excluding carboxylic acids is 1. The Morgan fingerprint density at radius 3 is 2.44 bits per heavy atom. The molecule has 41 heavy (non-hydrogen) atoms. The van der Waals surface area contributed by atoms with E-state index in [0.717, 1.165) is 18.8 Å². The van der Waals surface area contributed by atoms with Crippen molar-refractivity contribution in [2.75, 3.05) is 61.4 Å². The third-order valence-electron chi connectivity index (χ3n) is 6.03. The summed E-state index contributed by atoms with van der Waals surface area (Å²) in [6.45, 7) is 10.2. The summed E-state index contributed by atoms with van der Waals surface area (Å²) >= 11 is 0. The summed E-state index contributed by atoms with van der Waals surface area (Å²) in [5, 5.41) is 13.4. The first-order valence-electron chi connectivity index (χ1n) is 13.3. The highest BCUT2D eigenvalue weighted by Gasteiger charge is 2.19. The Morgan fingerprint density at radius 2 is 1.76 bits per heavy atom. The minimum Gasteiger partial charge on any atom is -0.494 e. The standard InChI is InChI=1S/C29H37N7O5/c1-19(35-39-6)21-18-30-27(32-24-12-11-20(17-25(24)38-5)36-13-15-40-16-14-36)34-26(21)31-22-9-7-8-10-23(22)33-28(37)41-29(2,3)4/h7-12,17-18H,13-16H2,1-6H3,(H,33,37)(H2,30,31,32,34)/b35-19+. The van der Waals surface area contributed by atoms with Crippen molar-refractivity contribution < 1.29 is 23.8 Å². The van der Waals surface area contributed by atoms with Gasteiger partial charge in [-0.15, -0.1) is 0 Å². The molecule has 0 atom stereocenters. The predicted molar refractivity (Wildman–Crippen MR) is 160 cm³/mol. The third kappa shape index (κ3) is 7.98. The SMILES string of the molecule is CO/N=C(\C)c1cnc(Nc2ccc(N3CCOCC3)cc2OC)nc1Nc1ccccc1NC(=O)OC(C)(C)C. The van der Waals surface area contributed by atoms with E-state index in [0.29, 0.717) is 59.1 Å². The highest BCUT2D eigenvalue weighted by molar-refractivity contribution is 6.03. The molecule has 3 aromatic rings. The molecule has 1 aromatic heterocycles. The molecule has 0 unspecified atom stereocenters. The normalized spacial score (nSPS) is 13.8. The van der Waals surface area contributed by atoms with Crippen LogP contribution in [0.15, 0.2) is 53.8 Å². The Hall–Kier alpha value is -4.58. The molecule has 2 aromatic carbocycles. The first-order chi connectivity index (χ1) is 19.7. The van der Waals surface area contributed by atoms with E-state index >= 15 is 0 Å². The largest absolute Gasteiger partial charge is 0.494 e. The molecular weight excluding hydrogens is 526 g/mol. The van der Waals surface area contributed by atoms with Crippen LogP contribution < -0.4 is 25.6 Å². The van der Waals surface area contributed by atoms with Crippen molar-refractivity contribution >= 4 is 46.3 Å². The number of aromatic nitrogens is 2. The molecular formula is C29H37N7O5. The maximum Gasteiger partial charge on any atom is 0.412 e. The molecule has 0 saturated carbocycles. The van der Waals surface area contributed by atoms with Crippen LogP contribution in [0.2, 0.25) is 0 Å². The van der Waals surface area contributed by atoms with Crippen LogP contribution in [0.5, 0.6) is 5.75 Å². The van der Waals surface area contributed by atoms with Crippen molar-refractivity contribution in [2.24, 2.45) is 5.16 Å². The Balaban J connectivity index is 1.63. The van der Waals surface area contributed by atoms with Gasteiger partial charge < -0.3 is 34.6 Å². The highest BCUT2D eigenvalue weighted by atomic mass is 16.6. The van der Waals surface area contributed by atoms with Gasteiger partial charge in [0.1, 0.15) is 24.3 Å². The van der Waals surface area contributed by atoms with Gasteiger partial charge in [-0.05, 0) is 52.0 Å². The smallest absolute Gasteiger partial charge is 0.412 e. The van der Waals surface area contributed by atoms with E-state index in [-0.39, 0.29) is 0 Å². The quantitative estimate of drug-likeness (QED) is 0.226. The molecule has 0 radical (unpaired) electrons. The van der Waals surface area contributed by atoms with Gasteiger partial charge in [0.2, 0.25) is 5.95 Å². The number of benzene rings is 2. The molecule has 1 saturated heterocycles. The van der Waals surface area contributed by atoms with E-state index in [1.165, 1.54) is 7.11 Å². The minimum absolute atomic E-state index is 0.330. The van der Waals surface area contributed by atoms with Gasteiger partial charge in [-0.2, -0.15) is 4.98 Å². The number of rotatable bonds is 9. The number of hydrogen-bond donors (Lipinski definition) is 3. The Labute approximate surface area is 240 Å². The summed E-state index contributed by atoms with van der Waals surface area (Å²) in [6.07, 6.45) is 1.08. The van der Waals surface area contributed by atoms with Crippen LogP contribution in [0.3, 0.4) is 0 Å². The van der Waals surface area contributed by atoms with E-state index in [9.17, 15) is 4.79 Å². The van der Waals surface area contributed by atoms with Gasteiger partial charge in [-0.1, -0.05) is 17.3 Å². The number of nitrogens with one attached hydrogen (secondary N) is 3. The number of hydrogen-bond acceptors (Lipinski definition) is 11. The van der Waals surface area contributed by atoms with E-state index < -0.39 is 11.7 Å². The average molecular weight is 564 g/mol. The first kappa shape index (κ1) is 29.4. The molecule has 1 aliphatic heterocycles. The van der Waals surface area contributed by atoms with Gasteiger partial charge in [-0.3, -0.25) is 5.32 Å². The lowest BCUT2D eigenvalue weighted by molar-refractivity contribution is 0.0636. The van der Waals surface area contributed by atoms with Crippen LogP contribution in [0.1, 0.15) is 33.3 Å². The fourth-order valence-corrected chi connectivity index (χ4v) is 4.15. The van der Waals surface area contributed by atoms with Crippen LogP contribution in [0, 0.1) is 0 Å². The monoisotopic (exact) mass is 563 g/mol. The molecule has 2 heterocycles. The van der Waals surface area contributed by atoms with Crippen LogP contribution >= 0.6 is 0 Å². The fourth-order valence-electron chi connectivity index (χ4n) is 4.15. The molecule has 12 nitrogen and oxygen atoms in total. The van der Waals surface area contributed by atoms with Gasteiger partial charge in [0.25, 0.3) is 0 Å². The zero-order valence-corrected chi connectivity index (χ0v) is 24.3. The molecule has 218 valence electrons. The van der Waals surface area contributed by atoms with E-state index in [2.05, 4.69) is 31.0 Å². The summed E-state index contributed by atoms with van der Waals surface area (Å²) < 4.78 is 16.6. The molecule has 4 rings (SSSR count). The van der Waals surface area contributed by atoms with Crippen molar-refractivity contribution in [1.29, 1.82) is 0 Å². The number of anilines is 6. The molecule has 1 amide bonds. The van der Waals surface area contributed by atoms with E-state index in [1.807, 2.05) is 57.2 Å². The second kappa shape index (κ2) is 13.2. The predicted octanol–water partition coefficient (Wildman–Crippen LogP) is 5.53. The van der Waals surface area contributed by atoms with Crippen LogP contribution in [0.25, 0.3) is 0 Å². The van der Waals surface area contributed by atoms with Crippen molar-refractivity contribution in [2.45, 2.75) is 33.3 Å². The van der Waals surface area contributed by atoms with E-state index in [1.54, 1.807) is 26.3 Å². The number of nitrogens with zero attached hydrogens (tertiary/aromatic N) is 4. The average Bonchev–Trinajstić information content (AvgIpc) is 2.94. The molecule has 1 fully saturated rings. The summed E-state index contributed by atoms with van der Waals surface area (Å²) in [4.78, 5) is 29.0. The molecule has 0 spiro atoms. The molecule has 0 aliphatic carbocycles. The number of amides is 1. The third-order valence-corrected chi connectivity index (χ3v) is 6.03. The summed E-state index contributed by atoms with van der Waals surface area (Å²) in [5.74, 6) is 1.43. The molecule has 3 N–H and O–H groups in total. The molecule has 12 heteroatoms. The highest BCUT2D eigenvalue weighted by Crippen LogP contribution is 2.33. The van der Waals surface area contributed by atoms with Crippen molar-refractivity contribution in [3.8, 4) is 5.75 Å². The van der Waals surface area contributed by atoms with Crippen LogP contribution in [-0.4, -0.2) is 67.9 Å². The number of ether oxygens (including phenoxy) is 3. The topological polar surface area (TPSA) is 131 Å². The summed E-state index contributed by atoms with van der Waals surface area (Å²) in [6, 6.07) is 13.2. The first-order valence-corrected chi connectivity index (χ1v) is 13.3. The van der Waals surface area contributed by atoms with Crippen molar-refractivity contribution in [3.63, 3.8) is 0 Å². The number of methoxy groups -OCH3 is 1. The van der Waals surface area contributed by atoms with Crippen LogP contribution in [-0.2, 0) is 14.3 Å². The maximum absolute atomic E-state index is 12.5. The lowest BCUT2D eigenvalue weighted by Gasteiger charge is -2.29. The molecule has 0 bridgehead atoms. The lowest BCUT2D eigenvalue weighted by Crippen LogP contribution is -2.36. The van der Waals surface area contributed by atoms with Crippen LogP contribution in [0.4, 0.5) is 39.3 Å². The van der Waals surface area contributed by atoms with Gasteiger partial charge in [0, 0.05) is 31.0 Å². The van der Waals surface area contributed by atoms with Crippen molar-refractivity contribution in [3.05, 3.63) is 54.2 Å². The second-order valence-electron chi connectivity index (χ2n) is 10.2. The fraction of sp³-hybridized carbons (Fsp3) is 0.379. The number of oxime groups is 1. The van der Waals surface area contributed by atoms with Gasteiger partial charge in [0.05, 0.1) is 48.7 Å².